The summed E-state index contributed by atoms with van der Waals surface area (Å²) in [6.07, 6.45) is 1.69. The van der Waals surface area contributed by atoms with Crippen molar-refractivity contribution in [3.05, 3.63) is 0 Å². The molecule has 0 aromatic heterocycles. The standard InChI is InChI=1S/C8H20N2/c1-6-7(2)10(5)8(3)9-4/h7-9H,6H2,1-5H3/t7?,8-/m1/s1. The van der Waals surface area contributed by atoms with E-state index in [4.69, 9.17) is 0 Å². The highest BCUT2D eigenvalue weighted by molar-refractivity contribution is 4.64. The summed E-state index contributed by atoms with van der Waals surface area (Å²) >= 11 is 0. The maximum atomic E-state index is 3.21. The Balaban J connectivity index is 3.69. The van der Waals surface area contributed by atoms with Crippen molar-refractivity contribution in [2.24, 2.45) is 0 Å². The first-order chi connectivity index (χ1) is 4.63. The maximum Gasteiger partial charge on any atom is 0.0565 e. The third-order valence-electron chi connectivity index (χ3n) is 2.31. The van der Waals surface area contributed by atoms with Crippen LogP contribution in [0.2, 0.25) is 0 Å². The fourth-order valence-electron chi connectivity index (χ4n) is 0.873. The minimum absolute atomic E-state index is 0.481. The van der Waals surface area contributed by atoms with Gasteiger partial charge in [0, 0.05) is 6.04 Å². The van der Waals surface area contributed by atoms with Gasteiger partial charge in [-0.2, -0.15) is 0 Å². The van der Waals surface area contributed by atoms with Gasteiger partial charge in [0.15, 0.2) is 0 Å². The third-order valence-corrected chi connectivity index (χ3v) is 2.31. The van der Waals surface area contributed by atoms with Gasteiger partial charge in [-0.05, 0) is 34.4 Å². The first-order valence-corrected chi connectivity index (χ1v) is 4.02. The van der Waals surface area contributed by atoms with Crippen LogP contribution in [0.3, 0.4) is 0 Å². The lowest BCUT2D eigenvalue weighted by atomic mass is 10.2. The second-order valence-electron chi connectivity index (χ2n) is 2.89. The molecule has 2 heteroatoms. The summed E-state index contributed by atoms with van der Waals surface area (Å²) in [6, 6.07) is 0.669. The van der Waals surface area contributed by atoms with Gasteiger partial charge in [-0.1, -0.05) is 6.92 Å². The Morgan fingerprint density at radius 2 is 1.90 bits per heavy atom. The molecule has 0 fully saturated rings. The number of rotatable bonds is 4. The Morgan fingerprint density at radius 3 is 2.20 bits per heavy atom. The fourth-order valence-corrected chi connectivity index (χ4v) is 0.873. The van der Waals surface area contributed by atoms with Gasteiger partial charge < -0.3 is 5.32 Å². The molecule has 0 bridgehead atoms. The van der Waals surface area contributed by atoms with Gasteiger partial charge in [0.2, 0.25) is 0 Å². The normalized spacial score (nSPS) is 17.4. The van der Waals surface area contributed by atoms with Crippen LogP contribution in [0.1, 0.15) is 27.2 Å². The topological polar surface area (TPSA) is 15.3 Å². The van der Waals surface area contributed by atoms with Crippen molar-refractivity contribution in [2.75, 3.05) is 14.1 Å². The van der Waals surface area contributed by atoms with E-state index in [9.17, 15) is 0 Å². The predicted octanol–water partition coefficient (Wildman–Crippen LogP) is 1.28. The van der Waals surface area contributed by atoms with Crippen molar-refractivity contribution in [3.63, 3.8) is 0 Å². The smallest absolute Gasteiger partial charge is 0.0565 e. The molecule has 2 atom stereocenters. The van der Waals surface area contributed by atoms with Crippen LogP contribution >= 0.6 is 0 Å². The average Bonchev–Trinajstić information content (AvgIpc) is 2.00. The molecule has 10 heavy (non-hydrogen) atoms. The summed E-state index contributed by atoms with van der Waals surface area (Å²) in [5, 5.41) is 3.21. The number of hydrogen-bond donors (Lipinski definition) is 1. The van der Waals surface area contributed by atoms with E-state index in [1.165, 1.54) is 6.42 Å². The number of hydrogen-bond acceptors (Lipinski definition) is 2. The molecular weight excluding hydrogens is 124 g/mol. The van der Waals surface area contributed by atoms with Gasteiger partial charge >= 0.3 is 0 Å². The van der Waals surface area contributed by atoms with Crippen LogP contribution in [0.25, 0.3) is 0 Å². The summed E-state index contributed by atoms with van der Waals surface area (Å²) in [5.74, 6) is 0. The van der Waals surface area contributed by atoms with E-state index in [0.29, 0.717) is 12.2 Å². The lowest BCUT2D eigenvalue weighted by Crippen LogP contribution is -2.43. The highest BCUT2D eigenvalue weighted by atomic mass is 15.2. The van der Waals surface area contributed by atoms with Crippen molar-refractivity contribution in [3.8, 4) is 0 Å². The third kappa shape index (κ3) is 2.67. The minimum atomic E-state index is 0.481. The van der Waals surface area contributed by atoms with Gasteiger partial charge in [-0.15, -0.1) is 0 Å². The molecule has 0 aliphatic heterocycles. The van der Waals surface area contributed by atoms with Crippen molar-refractivity contribution < 1.29 is 0 Å². The molecule has 0 aromatic rings. The van der Waals surface area contributed by atoms with Crippen LogP contribution < -0.4 is 5.32 Å². The quantitative estimate of drug-likeness (QED) is 0.598. The van der Waals surface area contributed by atoms with Crippen molar-refractivity contribution in [2.45, 2.75) is 39.4 Å². The fraction of sp³-hybridized carbons (Fsp3) is 1.00. The molecule has 0 aliphatic carbocycles. The van der Waals surface area contributed by atoms with Gasteiger partial charge in [-0.25, -0.2) is 0 Å². The molecule has 0 spiro atoms. The zero-order chi connectivity index (χ0) is 8.15. The minimum Gasteiger partial charge on any atom is -0.305 e. The van der Waals surface area contributed by atoms with Crippen LogP contribution in [0.5, 0.6) is 0 Å². The SMILES string of the molecule is CCC(C)N(C)[C@H](C)NC. The molecular formula is C8H20N2. The first kappa shape index (κ1) is 9.92. The molecule has 0 amide bonds. The largest absolute Gasteiger partial charge is 0.305 e. The van der Waals surface area contributed by atoms with Crippen molar-refractivity contribution in [1.82, 2.24) is 10.2 Å². The summed E-state index contributed by atoms with van der Waals surface area (Å²) < 4.78 is 0. The Bertz CT molecular complexity index is 73.3. The van der Waals surface area contributed by atoms with Crippen molar-refractivity contribution in [1.29, 1.82) is 0 Å². The zero-order valence-electron chi connectivity index (χ0n) is 7.81. The zero-order valence-corrected chi connectivity index (χ0v) is 7.81. The lowest BCUT2D eigenvalue weighted by molar-refractivity contribution is 0.171. The molecule has 0 heterocycles. The molecule has 0 radical (unpaired) electrons. The molecule has 0 rings (SSSR count). The summed E-state index contributed by atoms with van der Waals surface area (Å²) in [5.41, 5.74) is 0. The second kappa shape index (κ2) is 4.69. The molecule has 0 aromatic carbocycles. The van der Waals surface area contributed by atoms with E-state index in [2.05, 4.69) is 38.0 Å². The number of nitrogens with zero attached hydrogens (tertiary/aromatic N) is 1. The molecule has 2 nitrogen and oxygen atoms in total. The summed E-state index contributed by atoms with van der Waals surface area (Å²) in [6.45, 7) is 6.63. The monoisotopic (exact) mass is 144 g/mol. The van der Waals surface area contributed by atoms with Crippen LogP contribution in [-0.2, 0) is 0 Å². The average molecular weight is 144 g/mol. The van der Waals surface area contributed by atoms with E-state index in [-0.39, 0.29) is 0 Å². The molecule has 1 unspecified atom stereocenters. The molecule has 0 saturated heterocycles. The van der Waals surface area contributed by atoms with Gasteiger partial charge in [0.25, 0.3) is 0 Å². The van der Waals surface area contributed by atoms with Crippen LogP contribution in [0, 0.1) is 0 Å². The van der Waals surface area contributed by atoms with Gasteiger partial charge in [-0.3, -0.25) is 4.90 Å². The predicted molar refractivity (Wildman–Crippen MR) is 46.0 cm³/mol. The molecule has 0 saturated carbocycles. The highest BCUT2D eigenvalue weighted by Gasteiger charge is 2.10. The maximum absolute atomic E-state index is 3.21. The molecule has 62 valence electrons. The van der Waals surface area contributed by atoms with E-state index in [1.807, 2.05) is 7.05 Å². The van der Waals surface area contributed by atoms with E-state index in [0.717, 1.165) is 0 Å². The molecule has 1 N–H and O–H groups in total. The Morgan fingerprint density at radius 1 is 1.40 bits per heavy atom. The van der Waals surface area contributed by atoms with Crippen LogP contribution in [-0.4, -0.2) is 31.2 Å². The number of nitrogens with one attached hydrogen (secondary N) is 1. The molecule has 0 aliphatic rings. The Hall–Kier alpha value is -0.0800. The Kier molecular flexibility index (Phi) is 4.65. The first-order valence-electron chi connectivity index (χ1n) is 4.02. The van der Waals surface area contributed by atoms with E-state index >= 15 is 0 Å². The van der Waals surface area contributed by atoms with E-state index in [1.54, 1.807) is 0 Å². The van der Waals surface area contributed by atoms with Crippen LogP contribution in [0.4, 0.5) is 0 Å². The Labute approximate surface area is 64.6 Å². The van der Waals surface area contributed by atoms with Crippen LogP contribution in [0.15, 0.2) is 0 Å². The van der Waals surface area contributed by atoms with Gasteiger partial charge in [0.05, 0.1) is 6.17 Å². The summed E-state index contributed by atoms with van der Waals surface area (Å²) in [4.78, 5) is 2.33. The van der Waals surface area contributed by atoms with Crippen molar-refractivity contribution >= 4 is 0 Å². The van der Waals surface area contributed by atoms with Gasteiger partial charge in [0.1, 0.15) is 0 Å². The lowest BCUT2D eigenvalue weighted by Gasteiger charge is -2.29. The highest BCUT2D eigenvalue weighted by Crippen LogP contribution is 2.02. The second-order valence-corrected chi connectivity index (χ2v) is 2.89. The van der Waals surface area contributed by atoms with E-state index < -0.39 is 0 Å². The summed E-state index contributed by atoms with van der Waals surface area (Å²) in [7, 11) is 4.14.